The Labute approximate surface area is 75.8 Å². The lowest BCUT2D eigenvalue weighted by molar-refractivity contribution is -0.137. The van der Waals surface area contributed by atoms with Crippen molar-refractivity contribution < 1.29 is 9.90 Å². The summed E-state index contributed by atoms with van der Waals surface area (Å²) in [5.41, 5.74) is 0. The molecule has 0 heterocycles. The van der Waals surface area contributed by atoms with Crippen LogP contribution in [0.4, 0.5) is 0 Å². The minimum absolute atomic E-state index is 0.316. The van der Waals surface area contributed by atoms with Crippen LogP contribution < -0.4 is 0 Å². The van der Waals surface area contributed by atoms with Gasteiger partial charge >= 0.3 is 5.97 Å². The largest absolute Gasteiger partial charge is 0.481 e. The van der Waals surface area contributed by atoms with Crippen LogP contribution in [0.2, 0.25) is 6.32 Å². The number of aliphatic carboxylic acids is 1. The van der Waals surface area contributed by atoms with E-state index in [1.165, 1.54) is 12.8 Å². The quantitative estimate of drug-likeness (QED) is 0.446. The Balaban J connectivity index is 2.86. The van der Waals surface area contributed by atoms with Crippen LogP contribution in [-0.2, 0) is 4.79 Å². The average molecular weight is 168 g/mol. The Morgan fingerprint density at radius 3 is 2.00 bits per heavy atom. The van der Waals surface area contributed by atoms with E-state index in [9.17, 15) is 4.79 Å². The third kappa shape index (κ3) is 9.53. The van der Waals surface area contributed by atoms with Gasteiger partial charge in [-0.1, -0.05) is 38.4 Å². The van der Waals surface area contributed by atoms with Gasteiger partial charge in [-0.15, -0.1) is 0 Å². The standard InChI is InChI=1S/C9H17BO2/c10-8-6-4-2-1-3-5-7-9(11)12/h1-8H2,(H,11,12). The molecular weight excluding hydrogens is 151 g/mol. The monoisotopic (exact) mass is 168 g/mol. The molecule has 1 N–H and O–H groups in total. The molecule has 0 fully saturated rings. The van der Waals surface area contributed by atoms with Crippen molar-refractivity contribution in [2.24, 2.45) is 0 Å². The molecule has 0 rings (SSSR count). The number of carbonyl (C=O) groups is 1. The van der Waals surface area contributed by atoms with Gasteiger partial charge in [0.2, 0.25) is 0 Å². The third-order valence-corrected chi connectivity index (χ3v) is 1.84. The molecule has 0 aliphatic rings. The minimum atomic E-state index is -0.683. The summed E-state index contributed by atoms with van der Waals surface area (Å²) in [6.07, 6.45) is 7.56. The van der Waals surface area contributed by atoms with Crippen LogP contribution in [0.1, 0.15) is 44.9 Å². The molecule has 0 spiro atoms. The second kappa shape index (κ2) is 8.63. The Kier molecular flexibility index (Phi) is 8.30. The summed E-state index contributed by atoms with van der Waals surface area (Å²) in [5, 5.41) is 8.34. The molecule has 0 aromatic carbocycles. The molecule has 0 unspecified atom stereocenters. The van der Waals surface area contributed by atoms with Crippen LogP contribution in [0.15, 0.2) is 0 Å². The van der Waals surface area contributed by atoms with Crippen molar-refractivity contribution in [1.82, 2.24) is 0 Å². The van der Waals surface area contributed by atoms with E-state index >= 15 is 0 Å². The van der Waals surface area contributed by atoms with Gasteiger partial charge in [0.1, 0.15) is 0 Å². The highest BCUT2D eigenvalue weighted by molar-refractivity contribution is 6.08. The van der Waals surface area contributed by atoms with E-state index in [1.807, 2.05) is 0 Å². The first kappa shape index (κ1) is 11.5. The Morgan fingerprint density at radius 2 is 1.50 bits per heavy atom. The molecule has 0 atom stereocenters. The van der Waals surface area contributed by atoms with E-state index in [1.54, 1.807) is 0 Å². The number of rotatable bonds is 8. The fourth-order valence-corrected chi connectivity index (χ4v) is 1.13. The van der Waals surface area contributed by atoms with E-state index in [0.717, 1.165) is 32.0 Å². The number of hydrogen-bond acceptors (Lipinski definition) is 1. The molecule has 0 saturated heterocycles. The average Bonchev–Trinajstić information content (AvgIpc) is 2.02. The Bertz CT molecular complexity index is 115. The van der Waals surface area contributed by atoms with Crippen LogP contribution in [0, 0.1) is 0 Å². The van der Waals surface area contributed by atoms with Gasteiger partial charge in [0, 0.05) is 6.42 Å². The van der Waals surface area contributed by atoms with Crippen LogP contribution in [0.3, 0.4) is 0 Å². The maximum Gasteiger partial charge on any atom is 0.303 e. The zero-order valence-electron chi connectivity index (χ0n) is 7.59. The maximum atomic E-state index is 10.1. The van der Waals surface area contributed by atoms with Gasteiger partial charge in [0.05, 0.1) is 7.85 Å². The number of carboxylic acid groups (broad SMARTS) is 1. The van der Waals surface area contributed by atoms with E-state index < -0.39 is 5.97 Å². The van der Waals surface area contributed by atoms with Crippen molar-refractivity contribution in [3.8, 4) is 0 Å². The summed E-state index contributed by atoms with van der Waals surface area (Å²) in [6, 6.07) is 0. The normalized spacial score (nSPS) is 10.0. The van der Waals surface area contributed by atoms with E-state index in [0.29, 0.717) is 6.42 Å². The van der Waals surface area contributed by atoms with E-state index in [-0.39, 0.29) is 0 Å². The van der Waals surface area contributed by atoms with Gasteiger partial charge in [-0.2, -0.15) is 0 Å². The number of hydrogen-bond donors (Lipinski definition) is 1. The van der Waals surface area contributed by atoms with Crippen molar-refractivity contribution in [2.75, 3.05) is 0 Å². The Morgan fingerprint density at radius 1 is 1.00 bits per heavy atom. The van der Waals surface area contributed by atoms with Crippen molar-refractivity contribution in [1.29, 1.82) is 0 Å². The summed E-state index contributed by atoms with van der Waals surface area (Å²) in [5.74, 6) is -0.683. The molecule has 12 heavy (non-hydrogen) atoms. The number of unbranched alkanes of at least 4 members (excludes halogenated alkanes) is 5. The van der Waals surface area contributed by atoms with Gasteiger partial charge in [-0.05, 0) is 6.42 Å². The molecule has 0 aliphatic heterocycles. The molecule has 68 valence electrons. The van der Waals surface area contributed by atoms with Crippen molar-refractivity contribution in [3.63, 3.8) is 0 Å². The second-order valence-electron chi connectivity index (χ2n) is 3.05. The lowest BCUT2D eigenvalue weighted by atomic mass is 9.98. The lowest BCUT2D eigenvalue weighted by Crippen LogP contribution is -1.93. The molecule has 2 nitrogen and oxygen atoms in total. The summed E-state index contributed by atoms with van der Waals surface area (Å²) >= 11 is 0. The lowest BCUT2D eigenvalue weighted by Gasteiger charge is -1.98. The zero-order valence-corrected chi connectivity index (χ0v) is 7.59. The number of carboxylic acids is 1. The predicted octanol–water partition coefficient (Wildman–Crippen LogP) is 2.39. The van der Waals surface area contributed by atoms with Crippen molar-refractivity contribution in [3.05, 3.63) is 0 Å². The molecule has 0 amide bonds. The van der Waals surface area contributed by atoms with Gasteiger partial charge in [-0.3, -0.25) is 4.79 Å². The molecule has 2 radical (unpaired) electrons. The highest BCUT2D eigenvalue weighted by Crippen LogP contribution is 2.07. The summed E-state index contributed by atoms with van der Waals surface area (Å²) < 4.78 is 0. The van der Waals surface area contributed by atoms with E-state index in [2.05, 4.69) is 0 Å². The second-order valence-corrected chi connectivity index (χ2v) is 3.05. The van der Waals surface area contributed by atoms with Crippen LogP contribution in [0.25, 0.3) is 0 Å². The van der Waals surface area contributed by atoms with Crippen molar-refractivity contribution >= 4 is 13.8 Å². The SMILES string of the molecule is [B]CCCCCCCCC(=O)O. The molecular formula is C9H17BO2. The van der Waals surface area contributed by atoms with Gasteiger partial charge < -0.3 is 5.11 Å². The topological polar surface area (TPSA) is 37.3 Å². The maximum absolute atomic E-state index is 10.1. The first-order valence-corrected chi connectivity index (χ1v) is 4.69. The van der Waals surface area contributed by atoms with Crippen LogP contribution >= 0.6 is 0 Å². The van der Waals surface area contributed by atoms with Gasteiger partial charge in [0.15, 0.2) is 0 Å². The smallest absolute Gasteiger partial charge is 0.303 e. The molecule has 0 aromatic rings. The van der Waals surface area contributed by atoms with Gasteiger partial charge in [0.25, 0.3) is 0 Å². The highest BCUT2D eigenvalue weighted by Gasteiger charge is 1.95. The van der Waals surface area contributed by atoms with Crippen LogP contribution in [0.5, 0.6) is 0 Å². The molecule has 0 aliphatic carbocycles. The fraction of sp³-hybridized carbons (Fsp3) is 0.889. The Hall–Kier alpha value is -0.465. The first-order chi connectivity index (χ1) is 5.77. The molecule has 3 heteroatoms. The summed E-state index contributed by atoms with van der Waals surface area (Å²) in [6.45, 7) is 0. The molecule has 0 aromatic heterocycles. The molecule has 0 bridgehead atoms. The highest BCUT2D eigenvalue weighted by atomic mass is 16.4. The third-order valence-electron chi connectivity index (χ3n) is 1.84. The van der Waals surface area contributed by atoms with Gasteiger partial charge in [-0.25, -0.2) is 0 Å². The van der Waals surface area contributed by atoms with E-state index in [4.69, 9.17) is 13.0 Å². The first-order valence-electron chi connectivity index (χ1n) is 4.69. The summed E-state index contributed by atoms with van der Waals surface area (Å²) in [7, 11) is 5.33. The summed E-state index contributed by atoms with van der Waals surface area (Å²) in [4.78, 5) is 10.1. The fourth-order valence-electron chi connectivity index (χ4n) is 1.13. The minimum Gasteiger partial charge on any atom is -0.481 e. The van der Waals surface area contributed by atoms with Crippen LogP contribution in [-0.4, -0.2) is 18.9 Å². The zero-order chi connectivity index (χ0) is 9.23. The predicted molar refractivity (Wildman–Crippen MR) is 50.5 cm³/mol. The molecule has 0 saturated carbocycles. The van der Waals surface area contributed by atoms with Crippen molar-refractivity contribution in [2.45, 2.75) is 51.3 Å².